The smallest absolute Gasteiger partial charge is 0.271 e. The summed E-state index contributed by atoms with van der Waals surface area (Å²) >= 11 is 0. The van der Waals surface area contributed by atoms with E-state index in [0.29, 0.717) is 12.0 Å². The van der Waals surface area contributed by atoms with Gasteiger partial charge in [-0.05, 0) is 59.5 Å². The van der Waals surface area contributed by atoms with Crippen LogP contribution < -0.4 is 10.2 Å². The lowest BCUT2D eigenvalue weighted by Crippen LogP contribution is -2.19. The molecular weight excluding hydrogens is 336 g/mol. The summed E-state index contributed by atoms with van der Waals surface area (Å²) in [6, 6.07) is 25.2. The lowest BCUT2D eigenvalue weighted by molar-refractivity contribution is 0.0955. The van der Waals surface area contributed by atoms with Crippen LogP contribution in [-0.4, -0.2) is 18.7 Å². The lowest BCUT2D eigenvalue weighted by atomic mass is 10.0. The fourth-order valence-electron chi connectivity index (χ4n) is 2.76. The van der Waals surface area contributed by atoms with Crippen molar-refractivity contribution in [1.29, 1.82) is 0 Å². The number of carbonyl (C=O) groups excluding carboxylic acids is 1. The average molecular weight is 358 g/mol. The second kappa shape index (κ2) is 8.81. The molecule has 0 aliphatic rings. The van der Waals surface area contributed by atoms with E-state index in [2.05, 4.69) is 10.5 Å². The van der Waals surface area contributed by atoms with Gasteiger partial charge in [0.2, 0.25) is 0 Å². The van der Waals surface area contributed by atoms with E-state index >= 15 is 0 Å². The van der Waals surface area contributed by atoms with Crippen LogP contribution in [0.5, 0.6) is 5.75 Å². The van der Waals surface area contributed by atoms with Gasteiger partial charge in [-0.15, -0.1) is 0 Å². The van der Waals surface area contributed by atoms with E-state index in [1.807, 2.05) is 85.8 Å². The third kappa shape index (κ3) is 4.61. The normalized spacial score (nSPS) is 11.1. The van der Waals surface area contributed by atoms with E-state index in [1.54, 1.807) is 7.11 Å². The first kappa shape index (κ1) is 18.4. The monoisotopic (exact) mass is 358 g/mol. The molecule has 0 aromatic heterocycles. The number of ether oxygens (including phenoxy) is 1. The molecule has 0 spiro atoms. The second-order valence-electron chi connectivity index (χ2n) is 6.02. The Balaban J connectivity index is 1.70. The zero-order chi connectivity index (χ0) is 19.1. The molecule has 0 saturated heterocycles. The third-order valence-electron chi connectivity index (χ3n) is 4.30. The molecule has 0 aliphatic carbocycles. The van der Waals surface area contributed by atoms with Crippen LogP contribution in [0.3, 0.4) is 0 Å². The molecular formula is C23H22N2O2. The highest BCUT2D eigenvalue weighted by atomic mass is 16.5. The molecule has 4 heteroatoms. The quantitative estimate of drug-likeness (QED) is 0.503. The molecule has 0 unspecified atom stereocenters. The number of benzene rings is 3. The molecule has 1 amide bonds. The molecule has 136 valence electrons. The summed E-state index contributed by atoms with van der Waals surface area (Å²) in [6.45, 7) is 2.00. The summed E-state index contributed by atoms with van der Waals surface area (Å²) in [5.74, 6) is 0.561. The SMILES string of the molecule is CC/C(=N\NC(=O)c1ccc(-c2ccccc2)cc1)c1ccc(OC)cc1. The van der Waals surface area contributed by atoms with Gasteiger partial charge in [-0.25, -0.2) is 5.43 Å². The summed E-state index contributed by atoms with van der Waals surface area (Å²) < 4.78 is 5.17. The van der Waals surface area contributed by atoms with Gasteiger partial charge < -0.3 is 4.74 Å². The molecule has 3 aromatic carbocycles. The van der Waals surface area contributed by atoms with Crippen LogP contribution in [0.25, 0.3) is 11.1 Å². The molecule has 3 rings (SSSR count). The van der Waals surface area contributed by atoms with Crippen molar-refractivity contribution in [3.8, 4) is 16.9 Å². The van der Waals surface area contributed by atoms with E-state index < -0.39 is 0 Å². The van der Waals surface area contributed by atoms with Gasteiger partial charge in [0, 0.05) is 5.56 Å². The Morgan fingerprint density at radius 2 is 1.44 bits per heavy atom. The van der Waals surface area contributed by atoms with E-state index in [9.17, 15) is 4.79 Å². The molecule has 4 nitrogen and oxygen atoms in total. The number of rotatable bonds is 6. The Bertz CT molecular complexity index is 915. The number of methoxy groups -OCH3 is 1. The molecule has 1 N–H and O–H groups in total. The van der Waals surface area contributed by atoms with Crippen molar-refractivity contribution in [3.63, 3.8) is 0 Å². The number of amides is 1. The minimum Gasteiger partial charge on any atom is -0.497 e. The summed E-state index contributed by atoms with van der Waals surface area (Å²) in [6.07, 6.45) is 0.708. The van der Waals surface area contributed by atoms with Crippen LogP contribution >= 0.6 is 0 Å². The van der Waals surface area contributed by atoms with Crippen LogP contribution in [0, 0.1) is 0 Å². The fraction of sp³-hybridized carbons (Fsp3) is 0.130. The lowest BCUT2D eigenvalue weighted by Gasteiger charge is -2.07. The maximum atomic E-state index is 12.4. The molecule has 0 atom stereocenters. The van der Waals surface area contributed by atoms with Crippen molar-refractivity contribution < 1.29 is 9.53 Å². The van der Waals surface area contributed by atoms with Crippen LogP contribution in [0.15, 0.2) is 84.0 Å². The number of carbonyl (C=O) groups is 1. The van der Waals surface area contributed by atoms with E-state index in [0.717, 1.165) is 28.2 Å². The highest BCUT2D eigenvalue weighted by Gasteiger charge is 2.07. The molecule has 0 fully saturated rings. The number of hydrazone groups is 1. The van der Waals surface area contributed by atoms with E-state index in [4.69, 9.17) is 4.74 Å². The second-order valence-corrected chi connectivity index (χ2v) is 6.02. The minimum absolute atomic E-state index is 0.228. The van der Waals surface area contributed by atoms with Gasteiger partial charge in [0.05, 0.1) is 12.8 Å². The Morgan fingerprint density at radius 1 is 0.852 bits per heavy atom. The van der Waals surface area contributed by atoms with Crippen molar-refractivity contribution >= 4 is 11.6 Å². The van der Waals surface area contributed by atoms with Gasteiger partial charge in [0.15, 0.2) is 0 Å². The standard InChI is InChI=1S/C23H22N2O2/c1-3-22(19-13-15-21(27-2)16-14-19)24-25-23(26)20-11-9-18(10-12-20)17-7-5-4-6-8-17/h4-16H,3H2,1-2H3,(H,25,26)/b24-22+. The maximum absolute atomic E-state index is 12.4. The summed E-state index contributed by atoms with van der Waals surface area (Å²) in [5.41, 5.74) is 7.19. The van der Waals surface area contributed by atoms with E-state index in [1.165, 1.54) is 0 Å². The van der Waals surface area contributed by atoms with Crippen LogP contribution in [-0.2, 0) is 0 Å². The first-order valence-electron chi connectivity index (χ1n) is 8.88. The first-order valence-corrected chi connectivity index (χ1v) is 8.88. The number of nitrogens with zero attached hydrogens (tertiary/aromatic N) is 1. The minimum atomic E-state index is -0.228. The first-order chi connectivity index (χ1) is 13.2. The molecule has 27 heavy (non-hydrogen) atoms. The highest BCUT2D eigenvalue weighted by molar-refractivity contribution is 6.02. The van der Waals surface area contributed by atoms with Gasteiger partial charge >= 0.3 is 0 Å². The van der Waals surface area contributed by atoms with Crippen LogP contribution in [0.2, 0.25) is 0 Å². The van der Waals surface area contributed by atoms with Crippen molar-refractivity contribution in [2.75, 3.05) is 7.11 Å². The molecule has 0 aliphatic heterocycles. The number of hydrogen-bond acceptors (Lipinski definition) is 3. The van der Waals surface area contributed by atoms with Gasteiger partial charge in [0.25, 0.3) is 5.91 Å². The van der Waals surface area contributed by atoms with Crippen molar-refractivity contribution in [2.45, 2.75) is 13.3 Å². The van der Waals surface area contributed by atoms with Crippen molar-refractivity contribution in [3.05, 3.63) is 90.0 Å². The molecule has 0 saturated carbocycles. The Kier molecular flexibility index (Phi) is 6.00. The number of hydrogen-bond donors (Lipinski definition) is 1. The number of nitrogens with one attached hydrogen (secondary N) is 1. The Morgan fingerprint density at radius 3 is 2.04 bits per heavy atom. The largest absolute Gasteiger partial charge is 0.497 e. The molecule has 0 radical (unpaired) electrons. The topological polar surface area (TPSA) is 50.7 Å². The fourth-order valence-corrected chi connectivity index (χ4v) is 2.76. The zero-order valence-corrected chi connectivity index (χ0v) is 15.5. The van der Waals surface area contributed by atoms with Gasteiger partial charge in [-0.3, -0.25) is 4.79 Å². The Hall–Kier alpha value is -3.40. The molecule has 0 bridgehead atoms. The zero-order valence-electron chi connectivity index (χ0n) is 15.5. The summed E-state index contributed by atoms with van der Waals surface area (Å²) in [5, 5.41) is 4.30. The van der Waals surface area contributed by atoms with Gasteiger partial charge in [0.1, 0.15) is 5.75 Å². The predicted octanol–water partition coefficient (Wildman–Crippen LogP) is 4.91. The van der Waals surface area contributed by atoms with Crippen LogP contribution in [0.4, 0.5) is 0 Å². The maximum Gasteiger partial charge on any atom is 0.271 e. The van der Waals surface area contributed by atoms with E-state index in [-0.39, 0.29) is 5.91 Å². The Labute approximate surface area is 159 Å². The van der Waals surface area contributed by atoms with Crippen molar-refractivity contribution in [2.24, 2.45) is 5.10 Å². The predicted molar refractivity (Wildman–Crippen MR) is 109 cm³/mol. The molecule has 0 heterocycles. The van der Waals surface area contributed by atoms with Gasteiger partial charge in [-0.1, -0.05) is 49.4 Å². The molecule has 3 aromatic rings. The van der Waals surface area contributed by atoms with Gasteiger partial charge in [-0.2, -0.15) is 5.10 Å². The summed E-state index contributed by atoms with van der Waals surface area (Å²) in [7, 11) is 1.63. The van der Waals surface area contributed by atoms with Crippen molar-refractivity contribution in [1.82, 2.24) is 5.43 Å². The van der Waals surface area contributed by atoms with Crippen LogP contribution in [0.1, 0.15) is 29.3 Å². The summed E-state index contributed by atoms with van der Waals surface area (Å²) in [4.78, 5) is 12.4. The highest BCUT2D eigenvalue weighted by Crippen LogP contribution is 2.19. The average Bonchev–Trinajstić information content (AvgIpc) is 2.75. The third-order valence-corrected chi connectivity index (χ3v) is 4.30.